The number of hydrogen-bond donors (Lipinski definition) is 0. The number of likely N-dealkylation sites (tertiary alicyclic amines) is 2. The highest BCUT2D eigenvalue weighted by Crippen LogP contribution is 2.22. The van der Waals surface area contributed by atoms with E-state index in [-0.39, 0.29) is 42.1 Å². The third-order valence-corrected chi connectivity index (χ3v) is 6.54. The Hall–Kier alpha value is -2.61. The lowest BCUT2D eigenvalue weighted by Gasteiger charge is -2.35. The maximum Gasteiger partial charge on any atom is 0.310 e. The summed E-state index contributed by atoms with van der Waals surface area (Å²) in [5.74, 6) is -1.37. The molecule has 2 atom stereocenters. The number of carbonyl (C=O) groups is 4. The van der Waals surface area contributed by atoms with E-state index in [4.69, 9.17) is 16.3 Å². The molecular weight excluding hydrogens is 446 g/mol. The molecule has 2 fully saturated rings. The Labute approximate surface area is 199 Å². The second-order valence-electron chi connectivity index (χ2n) is 8.72. The van der Waals surface area contributed by atoms with E-state index in [1.54, 1.807) is 48.0 Å². The number of benzene rings is 1. The van der Waals surface area contributed by atoms with E-state index in [1.807, 2.05) is 0 Å². The largest absolute Gasteiger partial charge is 0.466 e. The van der Waals surface area contributed by atoms with Gasteiger partial charge in [0.2, 0.25) is 11.8 Å². The fourth-order valence-corrected chi connectivity index (χ4v) is 4.61. The Morgan fingerprint density at radius 2 is 1.61 bits per heavy atom. The average molecular weight is 478 g/mol. The van der Waals surface area contributed by atoms with Crippen molar-refractivity contribution in [1.82, 2.24) is 14.7 Å². The molecule has 0 bridgehead atoms. The lowest BCUT2D eigenvalue weighted by Crippen LogP contribution is -2.50. The highest BCUT2D eigenvalue weighted by atomic mass is 35.5. The van der Waals surface area contributed by atoms with E-state index < -0.39 is 0 Å². The molecule has 2 aliphatic heterocycles. The predicted octanol–water partition coefficient (Wildman–Crippen LogP) is 2.45. The van der Waals surface area contributed by atoms with Crippen molar-refractivity contribution in [2.45, 2.75) is 32.6 Å². The Bertz CT molecular complexity index is 875. The first-order valence-electron chi connectivity index (χ1n) is 11.5. The van der Waals surface area contributed by atoms with Gasteiger partial charge in [-0.2, -0.15) is 0 Å². The molecule has 2 saturated heterocycles. The van der Waals surface area contributed by atoms with Crippen LogP contribution in [0.3, 0.4) is 0 Å². The van der Waals surface area contributed by atoms with Crippen LogP contribution in [0.4, 0.5) is 0 Å². The van der Waals surface area contributed by atoms with Crippen LogP contribution in [-0.4, -0.2) is 84.8 Å². The molecule has 2 unspecified atom stereocenters. The molecule has 2 aliphatic rings. The van der Waals surface area contributed by atoms with Gasteiger partial charge in [0, 0.05) is 43.8 Å². The van der Waals surface area contributed by atoms with Gasteiger partial charge in [0.15, 0.2) is 0 Å². The van der Waals surface area contributed by atoms with Gasteiger partial charge in [0.05, 0.1) is 25.0 Å². The van der Waals surface area contributed by atoms with Crippen LogP contribution in [-0.2, 0) is 19.1 Å². The highest BCUT2D eigenvalue weighted by molar-refractivity contribution is 6.30. The van der Waals surface area contributed by atoms with Crippen molar-refractivity contribution in [2.24, 2.45) is 11.8 Å². The van der Waals surface area contributed by atoms with Crippen LogP contribution in [0.2, 0.25) is 5.02 Å². The molecule has 33 heavy (non-hydrogen) atoms. The molecule has 0 radical (unpaired) electrons. The van der Waals surface area contributed by atoms with E-state index in [0.29, 0.717) is 56.2 Å². The standard InChI is InChI=1S/C24H32ClN3O5/c1-3-33-24(32)19-7-5-12-27(15-19)21(29)16-26(2)22(30)18-6-4-13-28(14-18)23(31)17-8-10-20(25)11-9-17/h8-11,18-19H,3-7,12-16H2,1-2H3. The fourth-order valence-electron chi connectivity index (χ4n) is 4.49. The first-order valence-corrected chi connectivity index (χ1v) is 11.9. The van der Waals surface area contributed by atoms with Crippen LogP contribution in [0.15, 0.2) is 24.3 Å². The Morgan fingerprint density at radius 1 is 1.00 bits per heavy atom. The second-order valence-corrected chi connectivity index (χ2v) is 9.16. The zero-order valence-electron chi connectivity index (χ0n) is 19.3. The molecule has 180 valence electrons. The summed E-state index contributed by atoms with van der Waals surface area (Å²) in [5.41, 5.74) is 0.539. The molecule has 1 aromatic carbocycles. The highest BCUT2D eigenvalue weighted by Gasteiger charge is 2.33. The molecule has 8 nitrogen and oxygen atoms in total. The lowest BCUT2D eigenvalue weighted by atomic mass is 9.95. The van der Waals surface area contributed by atoms with Crippen molar-refractivity contribution >= 4 is 35.3 Å². The number of likely N-dealkylation sites (N-methyl/N-ethyl adjacent to an activating group) is 1. The van der Waals surface area contributed by atoms with Gasteiger partial charge in [-0.15, -0.1) is 0 Å². The van der Waals surface area contributed by atoms with Gasteiger partial charge < -0.3 is 19.4 Å². The molecule has 9 heteroatoms. The van der Waals surface area contributed by atoms with E-state index in [0.717, 1.165) is 12.8 Å². The van der Waals surface area contributed by atoms with Crippen LogP contribution in [0.5, 0.6) is 0 Å². The summed E-state index contributed by atoms with van der Waals surface area (Å²) in [4.78, 5) is 55.5. The van der Waals surface area contributed by atoms with E-state index in [2.05, 4.69) is 0 Å². The number of carbonyl (C=O) groups excluding carboxylic acids is 4. The Kier molecular flexibility index (Phi) is 8.72. The van der Waals surface area contributed by atoms with E-state index >= 15 is 0 Å². The molecule has 1 aromatic rings. The SMILES string of the molecule is CCOC(=O)C1CCCN(C(=O)CN(C)C(=O)C2CCCN(C(=O)c3ccc(Cl)cc3)C2)C1. The molecule has 2 heterocycles. The Morgan fingerprint density at radius 3 is 2.27 bits per heavy atom. The normalized spacial score (nSPS) is 20.8. The summed E-state index contributed by atoms with van der Waals surface area (Å²) in [7, 11) is 1.62. The van der Waals surface area contributed by atoms with Gasteiger partial charge in [-0.1, -0.05) is 11.6 Å². The number of ether oxygens (including phenoxy) is 1. The molecule has 0 N–H and O–H groups in total. The van der Waals surface area contributed by atoms with Crippen LogP contribution in [0, 0.1) is 11.8 Å². The Balaban J connectivity index is 1.54. The van der Waals surface area contributed by atoms with Gasteiger partial charge >= 0.3 is 5.97 Å². The minimum absolute atomic E-state index is 0.0456. The van der Waals surface area contributed by atoms with E-state index in [9.17, 15) is 19.2 Å². The van der Waals surface area contributed by atoms with Gasteiger partial charge in [0.1, 0.15) is 0 Å². The van der Waals surface area contributed by atoms with Crippen molar-refractivity contribution < 1.29 is 23.9 Å². The summed E-state index contributed by atoms with van der Waals surface area (Å²) in [6.45, 7) is 3.86. The predicted molar refractivity (Wildman–Crippen MR) is 124 cm³/mol. The number of halogens is 1. The van der Waals surface area contributed by atoms with Gasteiger partial charge in [-0.3, -0.25) is 19.2 Å². The molecular formula is C24H32ClN3O5. The summed E-state index contributed by atoms with van der Waals surface area (Å²) in [6, 6.07) is 6.72. The number of esters is 1. The molecule has 3 amide bonds. The number of piperidine rings is 2. The van der Waals surface area contributed by atoms with E-state index in [1.165, 1.54) is 4.90 Å². The van der Waals surface area contributed by atoms with Crippen molar-refractivity contribution in [3.05, 3.63) is 34.9 Å². The zero-order valence-corrected chi connectivity index (χ0v) is 20.1. The second kappa shape index (κ2) is 11.5. The van der Waals surface area contributed by atoms with Gasteiger partial charge in [0.25, 0.3) is 5.91 Å². The maximum atomic E-state index is 13.0. The third-order valence-electron chi connectivity index (χ3n) is 6.29. The monoisotopic (exact) mass is 477 g/mol. The molecule has 0 aliphatic carbocycles. The van der Waals surface area contributed by atoms with Crippen LogP contribution < -0.4 is 0 Å². The quantitative estimate of drug-likeness (QED) is 0.587. The third kappa shape index (κ3) is 6.47. The molecule has 3 rings (SSSR count). The molecule has 0 spiro atoms. The molecule has 0 saturated carbocycles. The topological polar surface area (TPSA) is 87.2 Å². The van der Waals surface area contributed by atoms with Crippen molar-refractivity contribution in [1.29, 1.82) is 0 Å². The minimum atomic E-state index is -0.346. The number of hydrogen-bond acceptors (Lipinski definition) is 5. The fraction of sp³-hybridized carbons (Fsp3) is 0.583. The van der Waals surface area contributed by atoms with Crippen molar-refractivity contribution in [3.63, 3.8) is 0 Å². The summed E-state index contributed by atoms with van der Waals surface area (Å²) < 4.78 is 5.10. The summed E-state index contributed by atoms with van der Waals surface area (Å²) in [5, 5.41) is 0.562. The van der Waals surface area contributed by atoms with Gasteiger partial charge in [-0.25, -0.2) is 0 Å². The first kappa shape index (κ1) is 25.0. The average Bonchev–Trinajstić information content (AvgIpc) is 2.83. The van der Waals surface area contributed by atoms with Crippen LogP contribution >= 0.6 is 11.6 Å². The number of amides is 3. The van der Waals surface area contributed by atoms with Crippen LogP contribution in [0.25, 0.3) is 0 Å². The minimum Gasteiger partial charge on any atom is -0.466 e. The maximum absolute atomic E-state index is 13.0. The van der Waals surface area contributed by atoms with Gasteiger partial charge in [-0.05, 0) is 56.9 Å². The first-order chi connectivity index (χ1) is 15.8. The van der Waals surface area contributed by atoms with Crippen molar-refractivity contribution in [3.8, 4) is 0 Å². The molecule has 0 aromatic heterocycles. The zero-order chi connectivity index (χ0) is 24.0. The van der Waals surface area contributed by atoms with Crippen molar-refractivity contribution in [2.75, 3.05) is 46.4 Å². The number of rotatable bonds is 6. The van der Waals surface area contributed by atoms with Crippen LogP contribution in [0.1, 0.15) is 43.0 Å². The smallest absolute Gasteiger partial charge is 0.310 e. The summed E-state index contributed by atoms with van der Waals surface area (Å²) in [6.07, 6.45) is 2.84. The summed E-state index contributed by atoms with van der Waals surface area (Å²) >= 11 is 5.91. The lowest BCUT2D eigenvalue weighted by molar-refractivity contribution is -0.152. The number of nitrogens with zero attached hydrogens (tertiary/aromatic N) is 3.